The smallest absolute Gasteiger partial charge is 0.237 e. The van der Waals surface area contributed by atoms with Crippen LogP contribution in [-0.4, -0.2) is 31.7 Å². The number of nitrogens with two attached hydrogens (primary N) is 1. The third-order valence-corrected chi connectivity index (χ3v) is 4.79. The second-order valence-corrected chi connectivity index (χ2v) is 6.70. The molecule has 0 unspecified atom stereocenters. The van der Waals surface area contributed by atoms with Crippen LogP contribution in [0.25, 0.3) is 0 Å². The molecule has 1 aliphatic rings. The van der Waals surface area contributed by atoms with E-state index in [1.165, 1.54) is 11.1 Å². The minimum atomic E-state index is -0.450. The third-order valence-electron chi connectivity index (χ3n) is 4.79. The van der Waals surface area contributed by atoms with E-state index in [0.29, 0.717) is 6.54 Å². The Hall–Kier alpha value is -1.39. The molecule has 1 amide bonds. The lowest BCUT2D eigenvalue weighted by molar-refractivity contribution is -0.123. The number of amides is 1. The monoisotopic (exact) mass is 304 g/mol. The van der Waals surface area contributed by atoms with Crippen molar-refractivity contribution >= 4 is 5.91 Å². The summed E-state index contributed by atoms with van der Waals surface area (Å²) in [4.78, 5) is 12.2. The summed E-state index contributed by atoms with van der Waals surface area (Å²) in [6.07, 6.45) is 1.85. The van der Waals surface area contributed by atoms with Gasteiger partial charge in [-0.05, 0) is 36.8 Å². The Labute approximate surface area is 133 Å². The number of ether oxygens (including phenoxy) is 1. The van der Waals surface area contributed by atoms with E-state index in [0.717, 1.165) is 26.1 Å². The van der Waals surface area contributed by atoms with Gasteiger partial charge in [-0.2, -0.15) is 0 Å². The van der Waals surface area contributed by atoms with Gasteiger partial charge in [-0.25, -0.2) is 0 Å². The molecule has 4 heteroatoms. The highest BCUT2D eigenvalue weighted by atomic mass is 16.5. The number of carbonyl (C=O) groups is 1. The zero-order chi connectivity index (χ0) is 16.2. The van der Waals surface area contributed by atoms with Gasteiger partial charge in [0.2, 0.25) is 5.91 Å². The average molecular weight is 304 g/mol. The molecule has 122 valence electrons. The van der Waals surface area contributed by atoms with Gasteiger partial charge in [0.15, 0.2) is 0 Å². The number of nitrogens with one attached hydrogen (secondary N) is 1. The summed E-state index contributed by atoms with van der Waals surface area (Å²) >= 11 is 0. The van der Waals surface area contributed by atoms with Gasteiger partial charge in [-0.1, -0.05) is 38.1 Å². The quantitative estimate of drug-likeness (QED) is 0.876. The van der Waals surface area contributed by atoms with E-state index in [9.17, 15) is 4.79 Å². The van der Waals surface area contributed by atoms with Crippen LogP contribution in [0.2, 0.25) is 0 Å². The van der Waals surface area contributed by atoms with Gasteiger partial charge in [-0.15, -0.1) is 0 Å². The van der Waals surface area contributed by atoms with Crippen LogP contribution in [0.5, 0.6) is 0 Å². The second kappa shape index (κ2) is 7.25. The Morgan fingerprint density at radius 1 is 1.32 bits per heavy atom. The van der Waals surface area contributed by atoms with Crippen molar-refractivity contribution < 1.29 is 9.53 Å². The maximum atomic E-state index is 12.2. The molecule has 0 aromatic heterocycles. The molecule has 1 fully saturated rings. The maximum absolute atomic E-state index is 12.2. The van der Waals surface area contributed by atoms with Crippen LogP contribution in [0, 0.1) is 12.8 Å². The largest absolute Gasteiger partial charge is 0.381 e. The van der Waals surface area contributed by atoms with Crippen LogP contribution < -0.4 is 11.1 Å². The van der Waals surface area contributed by atoms with E-state index in [4.69, 9.17) is 10.5 Å². The van der Waals surface area contributed by atoms with E-state index in [2.05, 4.69) is 36.5 Å². The van der Waals surface area contributed by atoms with Gasteiger partial charge < -0.3 is 15.8 Å². The Morgan fingerprint density at radius 3 is 2.55 bits per heavy atom. The Balaban J connectivity index is 2.17. The summed E-state index contributed by atoms with van der Waals surface area (Å²) in [5.74, 6) is 0.0820. The molecule has 3 N–H and O–H groups in total. The van der Waals surface area contributed by atoms with Gasteiger partial charge in [0, 0.05) is 25.2 Å². The van der Waals surface area contributed by atoms with Crippen molar-refractivity contribution in [2.24, 2.45) is 11.7 Å². The van der Waals surface area contributed by atoms with Crippen molar-refractivity contribution in [2.75, 3.05) is 19.8 Å². The Kier molecular flexibility index (Phi) is 5.59. The summed E-state index contributed by atoms with van der Waals surface area (Å²) in [5, 5.41) is 3.08. The number of rotatable bonds is 5. The van der Waals surface area contributed by atoms with Gasteiger partial charge in [0.25, 0.3) is 0 Å². The topological polar surface area (TPSA) is 64.4 Å². The number of benzene rings is 1. The number of hydrogen-bond acceptors (Lipinski definition) is 3. The van der Waals surface area contributed by atoms with Crippen molar-refractivity contribution in [3.8, 4) is 0 Å². The molecule has 1 aromatic rings. The molecule has 2 rings (SSSR count). The van der Waals surface area contributed by atoms with Crippen molar-refractivity contribution in [3.63, 3.8) is 0 Å². The fourth-order valence-corrected chi connectivity index (χ4v) is 3.15. The summed E-state index contributed by atoms with van der Waals surface area (Å²) in [7, 11) is 0. The minimum absolute atomic E-state index is 0.0457. The fourth-order valence-electron chi connectivity index (χ4n) is 3.15. The Bertz CT molecular complexity index is 508. The van der Waals surface area contributed by atoms with Crippen molar-refractivity contribution in [1.82, 2.24) is 5.32 Å². The highest BCUT2D eigenvalue weighted by molar-refractivity contribution is 5.81. The summed E-state index contributed by atoms with van der Waals surface area (Å²) in [6.45, 7) is 8.17. The number of hydrogen-bond donors (Lipinski definition) is 2. The lowest BCUT2D eigenvalue weighted by Gasteiger charge is -2.39. The number of carbonyl (C=O) groups excluding carboxylic acids is 1. The molecule has 0 bridgehead atoms. The molecule has 0 spiro atoms. The first-order valence-electron chi connectivity index (χ1n) is 8.13. The van der Waals surface area contributed by atoms with E-state index in [1.807, 2.05) is 13.8 Å². The average Bonchev–Trinajstić information content (AvgIpc) is 2.53. The van der Waals surface area contributed by atoms with Crippen molar-refractivity contribution in [1.29, 1.82) is 0 Å². The highest BCUT2D eigenvalue weighted by Crippen LogP contribution is 2.36. The van der Waals surface area contributed by atoms with Gasteiger partial charge >= 0.3 is 0 Å². The summed E-state index contributed by atoms with van der Waals surface area (Å²) < 4.78 is 5.54. The van der Waals surface area contributed by atoms with E-state index in [-0.39, 0.29) is 17.2 Å². The molecule has 1 saturated heterocycles. The predicted molar refractivity (Wildman–Crippen MR) is 88.7 cm³/mol. The van der Waals surface area contributed by atoms with Crippen LogP contribution in [0.1, 0.15) is 37.8 Å². The first-order valence-corrected chi connectivity index (χ1v) is 8.13. The molecule has 1 aliphatic heterocycles. The summed E-state index contributed by atoms with van der Waals surface area (Å²) in [6, 6.07) is 7.98. The minimum Gasteiger partial charge on any atom is -0.381 e. The zero-order valence-corrected chi connectivity index (χ0v) is 13.9. The summed E-state index contributed by atoms with van der Waals surface area (Å²) in [5.41, 5.74) is 8.49. The van der Waals surface area contributed by atoms with Gasteiger partial charge in [-0.3, -0.25) is 4.79 Å². The van der Waals surface area contributed by atoms with E-state index >= 15 is 0 Å². The van der Waals surface area contributed by atoms with Crippen molar-refractivity contribution in [2.45, 2.75) is 45.1 Å². The van der Waals surface area contributed by atoms with Gasteiger partial charge in [0.05, 0.1) is 6.04 Å². The van der Waals surface area contributed by atoms with Crippen LogP contribution in [0.4, 0.5) is 0 Å². The zero-order valence-electron chi connectivity index (χ0n) is 13.9. The predicted octanol–water partition coefficient (Wildman–Crippen LogP) is 2.14. The van der Waals surface area contributed by atoms with Crippen LogP contribution in [-0.2, 0) is 14.9 Å². The molecule has 1 aromatic carbocycles. The van der Waals surface area contributed by atoms with Crippen LogP contribution in [0.15, 0.2) is 24.3 Å². The lowest BCUT2D eigenvalue weighted by Crippen LogP contribution is -2.50. The first kappa shape index (κ1) is 17.0. The van der Waals surface area contributed by atoms with E-state index in [1.54, 1.807) is 0 Å². The van der Waals surface area contributed by atoms with E-state index < -0.39 is 6.04 Å². The molecule has 0 aliphatic carbocycles. The molecule has 22 heavy (non-hydrogen) atoms. The fraction of sp³-hybridized carbons (Fsp3) is 0.611. The highest BCUT2D eigenvalue weighted by Gasteiger charge is 2.36. The molecule has 0 radical (unpaired) electrons. The van der Waals surface area contributed by atoms with Gasteiger partial charge in [0.1, 0.15) is 0 Å². The van der Waals surface area contributed by atoms with Crippen molar-refractivity contribution in [3.05, 3.63) is 35.4 Å². The second-order valence-electron chi connectivity index (χ2n) is 6.70. The molecular formula is C18H28N2O2. The normalized spacial score (nSPS) is 19.0. The molecule has 1 atom stereocenters. The van der Waals surface area contributed by atoms with Crippen LogP contribution in [0.3, 0.4) is 0 Å². The SMILES string of the molecule is Cc1ccccc1C1(CNC(=O)[C@@H](N)C(C)C)CCOCC1. The number of aryl methyl sites for hydroxylation is 1. The lowest BCUT2D eigenvalue weighted by atomic mass is 9.72. The molecule has 4 nitrogen and oxygen atoms in total. The molecule has 0 saturated carbocycles. The third kappa shape index (κ3) is 3.68. The molecular weight excluding hydrogens is 276 g/mol. The first-order chi connectivity index (χ1) is 10.5. The van der Waals surface area contributed by atoms with Crippen LogP contribution >= 0.6 is 0 Å². The standard InChI is InChI=1S/C18H28N2O2/c1-13(2)16(19)17(21)20-12-18(8-10-22-11-9-18)15-7-5-4-6-14(15)3/h4-7,13,16H,8-12,19H2,1-3H3,(H,20,21)/t16-/m0/s1. The Morgan fingerprint density at radius 2 is 1.95 bits per heavy atom. The molecule has 1 heterocycles. The maximum Gasteiger partial charge on any atom is 0.237 e.